The molecule has 0 radical (unpaired) electrons. The van der Waals surface area contributed by atoms with Gasteiger partial charge in [-0.25, -0.2) is 0 Å². The van der Waals surface area contributed by atoms with Gasteiger partial charge in [-0.3, -0.25) is 0 Å². The molecule has 0 aliphatic carbocycles. The molecular weight excluding hydrogens is 226 g/mol. The molecule has 0 aliphatic rings. The predicted octanol–water partition coefficient (Wildman–Crippen LogP) is 3.25. The molecule has 1 heterocycles. The van der Waals surface area contributed by atoms with Gasteiger partial charge in [0.05, 0.1) is 0 Å². The maximum absolute atomic E-state index is 4.15. The third-order valence-corrected chi connectivity index (χ3v) is 4.11. The van der Waals surface area contributed by atoms with Crippen molar-refractivity contribution in [1.82, 2.24) is 10.2 Å². The molecule has 0 amide bonds. The first-order valence-corrected chi connectivity index (χ1v) is 7.33. The highest BCUT2D eigenvalue weighted by atomic mass is 32.2. The predicted molar refractivity (Wildman–Crippen MR) is 69.7 cm³/mol. The monoisotopic (exact) mass is 245 g/mol. The zero-order valence-corrected chi connectivity index (χ0v) is 11.2. The first-order chi connectivity index (χ1) is 7.22. The van der Waals surface area contributed by atoms with Gasteiger partial charge in [-0.15, -0.1) is 10.2 Å². The Kier molecular flexibility index (Phi) is 6.02. The van der Waals surface area contributed by atoms with E-state index < -0.39 is 0 Å². The van der Waals surface area contributed by atoms with Gasteiger partial charge in [0.25, 0.3) is 0 Å². The van der Waals surface area contributed by atoms with Crippen molar-refractivity contribution in [3.63, 3.8) is 0 Å². The van der Waals surface area contributed by atoms with Crippen molar-refractivity contribution in [2.45, 2.75) is 32.9 Å². The fourth-order valence-corrected chi connectivity index (χ4v) is 2.87. The van der Waals surface area contributed by atoms with Crippen molar-refractivity contribution in [1.29, 1.82) is 0 Å². The van der Waals surface area contributed by atoms with Crippen LogP contribution in [-0.4, -0.2) is 22.5 Å². The molecule has 3 nitrogen and oxygen atoms in total. The van der Waals surface area contributed by atoms with Gasteiger partial charge in [0.1, 0.15) is 5.01 Å². The van der Waals surface area contributed by atoms with Crippen LogP contribution in [0.4, 0.5) is 5.13 Å². The van der Waals surface area contributed by atoms with Crippen LogP contribution < -0.4 is 5.32 Å². The van der Waals surface area contributed by atoms with E-state index in [9.17, 15) is 0 Å². The maximum atomic E-state index is 4.15. The number of aromatic nitrogens is 2. The quantitative estimate of drug-likeness (QED) is 0.800. The molecule has 86 valence electrons. The number of anilines is 1. The fraction of sp³-hybridized carbons (Fsp3) is 0.800. The number of nitrogens with zero attached hydrogens (tertiary/aromatic N) is 2. The molecule has 0 spiro atoms. The van der Waals surface area contributed by atoms with Gasteiger partial charge in [0.2, 0.25) is 5.13 Å². The van der Waals surface area contributed by atoms with E-state index in [1.807, 2.05) is 11.8 Å². The van der Waals surface area contributed by atoms with Crippen molar-refractivity contribution >= 4 is 28.2 Å². The Labute approximate surface area is 100 Å². The summed E-state index contributed by atoms with van der Waals surface area (Å²) in [6.07, 6.45) is 1.12. The normalized spacial score (nSPS) is 10.9. The van der Waals surface area contributed by atoms with Crippen molar-refractivity contribution in [2.24, 2.45) is 5.92 Å². The van der Waals surface area contributed by atoms with Crippen molar-refractivity contribution in [2.75, 3.05) is 17.6 Å². The molecule has 1 aromatic rings. The largest absolute Gasteiger partial charge is 0.360 e. The van der Waals surface area contributed by atoms with Crippen LogP contribution in [0.1, 0.15) is 32.2 Å². The second kappa shape index (κ2) is 7.06. The lowest BCUT2D eigenvalue weighted by atomic mass is 10.3. The third-order valence-electron chi connectivity index (χ3n) is 1.67. The Morgan fingerprint density at radius 2 is 2.20 bits per heavy atom. The Morgan fingerprint density at radius 1 is 1.40 bits per heavy atom. The summed E-state index contributed by atoms with van der Waals surface area (Å²) in [4.78, 5) is 0. The van der Waals surface area contributed by atoms with E-state index in [4.69, 9.17) is 0 Å². The zero-order valence-electron chi connectivity index (χ0n) is 9.62. The average Bonchev–Trinajstić information content (AvgIpc) is 2.62. The molecule has 15 heavy (non-hydrogen) atoms. The molecule has 1 N–H and O–H groups in total. The van der Waals surface area contributed by atoms with Crippen molar-refractivity contribution in [3.8, 4) is 0 Å². The Balaban J connectivity index is 2.26. The molecule has 0 aromatic carbocycles. The van der Waals surface area contributed by atoms with Crippen LogP contribution in [-0.2, 0) is 5.75 Å². The van der Waals surface area contributed by atoms with Crippen LogP contribution in [0.2, 0.25) is 0 Å². The number of rotatable bonds is 7. The van der Waals surface area contributed by atoms with E-state index in [0.717, 1.165) is 34.8 Å². The minimum atomic E-state index is 0.751. The fourth-order valence-electron chi connectivity index (χ4n) is 0.997. The minimum absolute atomic E-state index is 0.751. The summed E-state index contributed by atoms with van der Waals surface area (Å²) in [7, 11) is 0. The number of thioether (sulfide) groups is 1. The highest BCUT2D eigenvalue weighted by Crippen LogP contribution is 2.21. The molecular formula is C10H19N3S2. The molecule has 1 rings (SSSR count). The third kappa shape index (κ3) is 5.37. The van der Waals surface area contributed by atoms with E-state index >= 15 is 0 Å². The molecule has 1 aromatic heterocycles. The van der Waals surface area contributed by atoms with Crippen LogP contribution in [0, 0.1) is 5.92 Å². The van der Waals surface area contributed by atoms with Crippen LogP contribution >= 0.6 is 23.1 Å². The average molecular weight is 245 g/mol. The van der Waals surface area contributed by atoms with Crippen LogP contribution in [0.25, 0.3) is 0 Å². The highest BCUT2D eigenvalue weighted by Gasteiger charge is 2.03. The van der Waals surface area contributed by atoms with E-state index in [-0.39, 0.29) is 0 Å². The lowest BCUT2D eigenvalue weighted by molar-refractivity contribution is 0.750. The molecule has 0 bridgehead atoms. The van der Waals surface area contributed by atoms with Gasteiger partial charge in [-0.1, -0.05) is 32.1 Å². The lowest BCUT2D eigenvalue weighted by Gasteiger charge is -2.01. The summed E-state index contributed by atoms with van der Waals surface area (Å²) in [5.41, 5.74) is 0. The second-order valence-corrected chi connectivity index (χ2v) is 5.93. The van der Waals surface area contributed by atoms with E-state index in [0.29, 0.717) is 0 Å². The van der Waals surface area contributed by atoms with Gasteiger partial charge in [-0.05, 0) is 18.1 Å². The van der Waals surface area contributed by atoms with Gasteiger partial charge in [-0.2, -0.15) is 11.8 Å². The van der Waals surface area contributed by atoms with Crippen LogP contribution in [0.15, 0.2) is 0 Å². The Bertz CT molecular complexity index is 273. The second-order valence-electron chi connectivity index (χ2n) is 3.84. The van der Waals surface area contributed by atoms with Gasteiger partial charge in [0.15, 0.2) is 0 Å². The summed E-state index contributed by atoms with van der Waals surface area (Å²) >= 11 is 3.60. The topological polar surface area (TPSA) is 37.8 Å². The van der Waals surface area contributed by atoms with Gasteiger partial charge >= 0.3 is 0 Å². The lowest BCUT2D eigenvalue weighted by Crippen LogP contribution is -1.98. The van der Waals surface area contributed by atoms with Crippen LogP contribution in [0.5, 0.6) is 0 Å². The molecule has 0 atom stereocenters. The SMILES string of the molecule is CCCNc1nnc(CSCC(C)C)s1. The molecule has 0 saturated carbocycles. The highest BCUT2D eigenvalue weighted by molar-refractivity contribution is 7.98. The van der Waals surface area contributed by atoms with E-state index in [1.165, 1.54) is 5.75 Å². The number of hydrogen-bond acceptors (Lipinski definition) is 5. The number of hydrogen-bond donors (Lipinski definition) is 1. The molecule has 0 saturated heterocycles. The van der Waals surface area contributed by atoms with Gasteiger partial charge in [0, 0.05) is 12.3 Å². The first kappa shape index (κ1) is 12.8. The number of nitrogens with one attached hydrogen (secondary N) is 1. The molecule has 0 aliphatic heterocycles. The summed E-state index contributed by atoms with van der Waals surface area (Å²) in [6.45, 7) is 7.60. The van der Waals surface area contributed by atoms with Crippen molar-refractivity contribution in [3.05, 3.63) is 5.01 Å². The van der Waals surface area contributed by atoms with Gasteiger partial charge < -0.3 is 5.32 Å². The van der Waals surface area contributed by atoms with E-state index in [1.54, 1.807) is 11.3 Å². The summed E-state index contributed by atoms with van der Waals surface area (Å²) in [5.74, 6) is 2.93. The summed E-state index contributed by atoms with van der Waals surface area (Å²) in [5, 5.41) is 13.6. The summed E-state index contributed by atoms with van der Waals surface area (Å²) < 4.78 is 0. The molecule has 5 heteroatoms. The maximum Gasteiger partial charge on any atom is 0.205 e. The molecule has 0 fully saturated rings. The Hall–Kier alpha value is -0.290. The summed E-state index contributed by atoms with van der Waals surface area (Å²) in [6, 6.07) is 0. The smallest absolute Gasteiger partial charge is 0.205 e. The van der Waals surface area contributed by atoms with E-state index in [2.05, 4.69) is 36.3 Å². The Morgan fingerprint density at radius 3 is 2.87 bits per heavy atom. The minimum Gasteiger partial charge on any atom is -0.360 e. The first-order valence-electron chi connectivity index (χ1n) is 5.36. The molecule has 0 unspecified atom stereocenters. The van der Waals surface area contributed by atoms with Crippen LogP contribution in [0.3, 0.4) is 0 Å². The zero-order chi connectivity index (χ0) is 11.1. The van der Waals surface area contributed by atoms with Crippen molar-refractivity contribution < 1.29 is 0 Å². The standard InChI is InChI=1S/C10H19N3S2/c1-4-5-11-10-13-12-9(15-10)7-14-6-8(2)3/h8H,4-7H2,1-3H3,(H,11,13).